The molecule has 2 aromatic rings. The van der Waals surface area contributed by atoms with E-state index in [1.807, 2.05) is 0 Å². The first-order valence-electron chi connectivity index (χ1n) is 7.40. The number of hydrogen-bond donors (Lipinski definition) is 1. The van der Waals surface area contributed by atoms with E-state index in [1.54, 1.807) is 55.5 Å². The van der Waals surface area contributed by atoms with Crippen LogP contribution in [0.15, 0.2) is 48.5 Å². The van der Waals surface area contributed by atoms with Crippen molar-refractivity contribution in [1.29, 1.82) is 0 Å². The number of benzene rings is 2. The summed E-state index contributed by atoms with van der Waals surface area (Å²) in [6.45, 7) is 1.55. The predicted molar refractivity (Wildman–Crippen MR) is 97.9 cm³/mol. The van der Waals surface area contributed by atoms with Crippen molar-refractivity contribution in [1.82, 2.24) is 0 Å². The SMILES string of the molecule is COC(=O)C(S)C(=O)C(C)Oc1ccc(Oc2ccc(Cl)cc2)cc1. The first kappa shape index (κ1) is 19.1. The molecule has 0 fully saturated rings. The van der Waals surface area contributed by atoms with Gasteiger partial charge in [-0.25, -0.2) is 0 Å². The van der Waals surface area contributed by atoms with Crippen LogP contribution in [0.25, 0.3) is 0 Å². The number of methoxy groups -OCH3 is 1. The van der Waals surface area contributed by atoms with E-state index in [4.69, 9.17) is 21.1 Å². The van der Waals surface area contributed by atoms with E-state index in [2.05, 4.69) is 17.4 Å². The molecule has 0 saturated heterocycles. The summed E-state index contributed by atoms with van der Waals surface area (Å²) in [7, 11) is 1.20. The molecule has 5 nitrogen and oxygen atoms in total. The average Bonchev–Trinajstić information content (AvgIpc) is 2.63. The largest absolute Gasteiger partial charge is 0.483 e. The summed E-state index contributed by atoms with van der Waals surface area (Å²) in [6, 6.07) is 13.7. The minimum absolute atomic E-state index is 0.467. The standard InChI is InChI=1S/C18H17ClO5S/c1-11(16(20)17(25)18(21)22-2)23-13-7-9-15(10-8-13)24-14-5-3-12(19)4-6-14/h3-11,17,25H,1-2H3. The summed E-state index contributed by atoms with van der Waals surface area (Å²) in [5, 5.41) is -0.545. The normalized spacial score (nSPS) is 12.8. The highest BCUT2D eigenvalue weighted by Crippen LogP contribution is 2.25. The van der Waals surface area contributed by atoms with Crippen LogP contribution in [0.1, 0.15) is 6.92 Å². The van der Waals surface area contributed by atoms with Crippen LogP contribution in [0.4, 0.5) is 0 Å². The van der Waals surface area contributed by atoms with Crippen LogP contribution < -0.4 is 9.47 Å². The fourth-order valence-electron chi connectivity index (χ4n) is 1.94. The maximum absolute atomic E-state index is 12.0. The van der Waals surface area contributed by atoms with Gasteiger partial charge in [-0.05, 0) is 55.5 Å². The molecule has 0 bridgehead atoms. The molecule has 0 amide bonds. The van der Waals surface area contributed by atoms with E-state index in [0.29, 0.717) is 22.3 Å². The molecule has 2 unspecified atom stereocenters. The second-order valence-electron chi connectivity index (χ2n) is 5.12. The Hall–Kier alpha value is -2.18. The van der Waals surface area contributed by atoms with Crippen LogP contribution in [-0.2, 0) is 14.3 Å². The highest BCUT2D eigenvalue weighted by molar-refractivity contribution is 7.82. The number of carbonyl (C=O) groups is 2. The molecule has 2 aromatic carbocycles. The van der Waals surface area contributed by atoms with Crippen molar-refractivity contribution in [2.45, 2.75) is 18.3 Å². The molecule has 0 aliphatic heterocycles. The fraction of sp³-hybridized carbons (Fsp3) is 0.222. The molecular formula is C18H17ClO5S. The predicted octanol–water partition coefficient (Wildman–Crippen LogP) is 3.94. The number of ether oxygens (including phenoxy) is 3. The van der Waals surface area contributed by atoms with Crippen molar-refractivity contribution >= 4 is 36.0 Å². The molecule has 0 saturated carbocycles. The van der Waals surface area contributed by atoms with E-state index >= 15 is 0 Å². The lowest BCUT2D eigenvalue weighted by atomic mass is 10.2. The monoisotopic (exact) mass is 380 g/mol. The Balaban J connectivity index is 1.96. The third kappa shape index (κ3) is 5.41. The van der Waals surface area contributed by atoms with Crippen molar-refractivity contribution in [3.05, 3.63) is 53.6 Å². The fourth-order valence-corrected chi connectivity index (χ4v) is 2.38. The van der Waals surface area contributed by atoms with Gasteiger partial charge in [0.05, 0.1) is 7.11 Å². The molecule has 25 heavy (non-hydrogen) atoms. The lowest BCUT2D eigenvalue weighted by Gasteiger charge is -2.16. The molecule has 2 rings (SSSR count). The van der Waals surface area contributed by atoms with Crippen molar-refractivity contribution in [2.75, 3.05) is 7.11 Å². The van der Waals surface area contributed by atoms with E-state index < -0.39 is 23.1 Å². The number of carbonyl (C=O) groups excluding carboxylic acids is 2. The van der Waals surface area contributed by atoms with Gasteiger partial charge in [-0.1, -0.05) is 11.6 Å². The van der Waals surface area contributed by atoms with Gasteiger partial charge in [0.2, 0.25) is 0 Å². The maximum atomic E-state index is 12.0. The van der Waals surface area contributed by atoms with E-state index in [0.717, 1.165) is 0 Å². The summed E-state index contributed by atoms with van der Waals surface area (Å²) in [5.41, 5.74) is 0. The van der Waals surface area contributed by atoms with Crippen LogP contribution in [-0.4, -0.2) is 30.2 Å². The van der Waals surface area contributed by atoms with E-state index in [1.165, 1.54) is 7.11 Å². The van der Waals surface area contributed by atoms with Gasteiger partial charge in [0, 0.05) is 5.02 Å². The number of ketones is 1. The van der Waals surface area contributed by atoms with Gasteiger partial charge in [-0.2, -0.15) is 12.6 Å². The Morgan fingerprint density at radius 2 is 1.44 bits per heavy atom. The van der Waals surface area contributed by atoms with Crippen LogP contribution >= 0.6 is 24.2 Å². The van der Waals surface area contributed by atoms with Gasteiger partial charge in [-0.15, -0.1) is 0 Å². The zero-order chi connectivity index (χ0) is 18.4. The van der Waals surface area contributed by atoms with Crippen LogP contribution in [0.5, 0.6) is 17.2 Å². The third-order valence-electron chi connectivity index (χ3n) is 3.28. The smallest absolute Gasteiger partial charge is 0.326 e. The molecule has 0 aromatic heterocycles. The molecule has 7 heteroatoms. The highest BCUT2D eigenvalue weighted by atomic mass is 35.5. The Morgan fingerprint density at radius 1 is 0.960 bits per heavy atom. The highest BCUT2D eigenvalue weighted by Gasteiger charge is 2.29. The first-order chi connectivity index (χ1) is 11.9. The zero-order valence-electron chi connectivity index (χ0n) is 13.6. The number of halogens is 1. The quantitative estimate of drug-likeness (QED) is 0.448. The summed E-state index contributed by atoms with van der Waals surface area (Å²) in [4.78, 5) is 23.4. The Morgan fingerprint density at radius 3 is 1.96 bits per heavy atom. The van der Waals surface area contributed by atoms with Crippen molar-refractivity contribution in [2.24, 2.45) is 0 Å². The van der Waals surface area contributed by atoms with E-state index in [9.17, 15) is 9.59 Å². The lowest BCUT2D eigenvalue weighted by molar-refractivity contribution is -0.143. The Kier molecular flexibility index (Phi) is 6.73. The van der Waals surface area contributed by atoms with Gasteiger partial charge in [0.15, 0.2) is 17.1 Å². The van der Waals surface area contributed by atoms with Crippen molar-refractivity contribution in [3.8, 4) is 17.2 Å². The minimum atomic E-state index is -1.17. The molecular weight excluding hydrogens is 364 g/mol. The number of Topliss-reactive ketones (excluding diaryl/α,β-unsaturated/α-hetero) is 1. The van der Waals surface area contributed by atoms with Gasteiger partial charge in [-0.3, -0.25) is 9.59 Å². The van der Waals surface area contributed by atoms with E-state index in [-0.39, 0.29) is 0 Å². The average molecular weight is 381 g/mol. The summed E-state index contributed by atoms with van der Waals surface area (Å²) < 4.78 is 15.7. The Bertz CT molecular complexity index is 730. The van der Waals surface area contributed by atoms with Gasteiger partial charge in [0.1, 0.15) is 17.2 Å². The second kappa shape index (κ2) is 8.78. The van der Waals surface area contributed by atoms with Crippen LogP contribution in [0, 0.1) is 0 Å². The first-order valence-corrected chi connectivity index (χ1v) is 8.30. The molecule has 0 spiro atoms. The van der Waals surface area contributed by atoms with Gasteiger partial charge in [0.25, 0.3) is 0 Å². The second-order valence-corrected chi connectivity index (χ2v) is 6.07. The third-order valence-corrected chi connectivity index (χ3v) is 4.00. The number of thiol groups is 1. The summed E-state index contributed by atoms with van der Waals surface area (Å²) >= 11 is 9.78. The molecule has 0 aliphatic carbocycles. The van der Waals surface area contributed by atoms with Crippen molar-refractivity contribution < 1.29 is 23.8 Å². The number of esters is 1. The van der Waals surface area contributed by atoms with Gasteiger partial charge >= 0.3 is 5.97 Å². The molecule has 0 aliphatic rings. The number of rotatable bonds is 7. The minimum Gasteiger partial charge on any atom is -0.483 e. The topological polar surface area (TPSA) is 61.8 Å². The molecule has 0 heterocycles. The molecule has 132 valence electrons. The summed E-state index contributed by atoms with van der Waals surface area (Å²) in [6.07, 6.45) is -0.843. The molecule has 2 atom stereocenters. The number of hydrogen-bond acceptors (Lipinski definition) is 6. The van der Waals surface area contributed by atoms with Gasteiger partial charge < -0.3 is 14.2 Å². The molecule has 0 radical (unpaired) electrons. The summed E-state index contributed by atoms with van der Waals surface area (Å²) in [5.74, 6) is 0.537. The van der Waals surface area contributed by atoms with Crippen LogP contribution in [0.2, 0.25) is 5.02 Å². The lowest BCUT2D eigenvalue weighted by Crippen LogP contribution is -2.36. The Labute approximate surface area is 156 Å². The molecule has 0 N–H and O–H groups in total. The zero-order valence-corrected chi connectivity index (χ0v) is 15.3. The van der Waals surface area contributed by atoms with Crippen molar-refractivity contribution in [3.63, 3.8) is 0 Å². The van der Waals surface area contributed by atoms with Crippen LogP contribution in [0.3, 0.4) is 0 Å². The maximum Gasteiger partial charge on any atom is 0.326 e.